The second-order valence-electron chi connectivity index (χ2n) is 3.22. The molecule has 0 unspecified atom stereocenters. The second-order valence-corrected chi connectivity index (χ2v) is 3.63. The van der Waals surface area contributed by atoms with Gasteiger partial charge in [-0.15, -0.1) is 0 Å². The van der Waals surface area contributed by atoms with Crippen LogP contribution in [0.4, 0.5) is 0 Å². The average molecular weight is 221 g/mol. The van der Waals surface area contributed by atoms with Crippen molar-refractivity contribution in [2.24, 2.45) is 0 Å². The van der Waals surface area contributed by atoms with Gasteiger partial charge in [0.25, 0.3) is 0 Å². The third-order valence-electron chi connectivity index (χ3n) is 2.22. The SMILES string of the molecule is Cc1c(Cl)cccc1-n1cc(C=O)cn1. The number of aldehydes is 1. The van der Waals surface area contributed by atoms with Crippen LogP contribution in [0, 0.1) is 6.92 Å². The van der Waals surface area contributed by atoms with E-state index >= 15 is 0 Å². The first kappa shape index (κ1) is 9.93. The van der Waals surface area contributed by atoms with E-state index in [1.807, 2.05) is 25.1 Å². The fourth-order valence-corrected chi connectivity index (χ4v) is 1.54. The topological polar surface area (TPSA) is 34.9 Å². The van der Waals surface area contributed by atoms with Crippen molar-refractivity contribution in [1.29, 1.82) is 0 Å². The summed E-state index contributed by atoms with van der Waals surface area (Å²) in [6.45, 7) is 1.92. The van der Waals surface area contributed by atoms with Crippen molar-refractivity contribution in [1.82, 2.24) is 9.78 Å². The maximum absolute atomic E-state index is 10.5. The van der Waals surface area contributed by atoms with E-state index in [1.165, 1.54) is 6.20 Å². The largest absolute Gasteiger partial charge is 0.298 e. The molecule has 1 aromatic heterocycles. The Kier molecular flexibility index (Phi) is 2.56. The van der Waals surface area contributed by atoms with Crippen molar-refractivity contribution in [2.75, 3.05) is 0 Å². The maximum Gasteiger partial charge on any atom is 0.153 e. The van der Waals surface area contributed by atoms with E-state index < -0.39 is 0 Å². The van der Waals surface area contributed by atoms with Crippen molar-refractivity contribution in [3.8, 4) is 5.69 Å². The van der Waals surface area contributed by atoms with Crippen LogP contribution in [0.15, 0.2) is 30.6 Å². The normalized spacial score (nSPS) is 10.3. The van der Waals surface area contributed by atoms with E-state index in [0.717, 1.165) is 17.5 Å². The molecule has 0 amide bonds. The Labute approximate surface area is 92.3 Å². The standard InChI is InChI=1S/C11H9ClN2O/c1-8-10(12)3-2-4-11(8)14-6-9(7-15)5-13-14/h2-7H,1H3. The van der Waals surface area contributed by atoms with Gasteiger partial charge in [-0.05, 0) is 24.6 Å². The molecule has 0 bridgehead atoms. The van der Waals surface area contributed by atoms with Gasteiger partial charge in [-0.3, -0.25) is 4.79 Å². The predicted octanol–water partition coefficient (Wildman–Crippen LogP) is 2.65. The Morgan fingerprint density at radius 2 is 2.27 bits per heavy atom. The first-order valence-corrected chi connectivity index (χ1v) is 4.85. The van der Waals surface area contributed by atoms with Gasteiger partial charge in [0, 0.05) is 11.2 Å². The lowest BCUT2D eigenvalue weighted by molar-refractivity contribution is 0.112. The highest BCUT2D eigenvalue weighted by Crippen LogP contribution is 2.21. The van der Waals surface area contributed by atoms with E-state index in [2.05, 4.69) is 5.10 Å². The second kappa shape index (κ2) is 3.87. The minimum atomic E-state index is 0.550. The Hall–Kier alpha value is -1.61. The Bertz CT molecular complexity index is 505. The number of aromatic nitrogens is 2. The molecule has 2 rings (SSSR count). The number of hydrogen-bond donors (Lipinski definition) is 0. The molecule has 0 spiro atoms. The van der Waals surface area contributed by atoms with E-state index in [4.69, 9.17) is 11.6 Å². The molecule has 0 saturated heterocycles. The molecule has 0 aliphatic rings. The lowest BCUT2D eigenvalue weighted by Gasteiger charge is -2.06. The fraction of sp³-hybridized carbons (Fsp3) is 0.0909. The summed E-state index contributed by atoms with van der Waals surface area (Å²) in [5, 5.41) is 4.78. The first-order chi connectivity index (χ1) is 7.22. The van der Waals surface area contributed by atoms with Gasteiger partial charge in [0.1, 0.15) is 0 Å². The van der Waals surface area contributed by atoms with E-state index in [-0.39, 0.29) is 0 Å². The van der Waals surface area contributed by atoms with Gasteiger partial charge in [0.05, 0.1) is 17.4 Å². The van der Waals surface area contributed by atoms with Crippen molar-refractivity contribution in [2.45, 2.75) is 6.92 Å². The number of benzene rings is 1. The molecular weight excluding hydrogens is 212 g/mol. The molecule has 1 heterocycles. The number of carbonyl (C=O) groups is 1. The maximum atomic E-state index is 10.5. The van der Waals surface area contributed by atoms with Crippen molar-refractivity contribution in [3.63, 3.8) is 0 Å². The van der Waals surface area contributed by atoms with Crippen LogP contribution in [0.1, 0.15) is 15.9 Å². The van der Waals surface area contributed by atoms with Gasteiger partial charge in [-0.2, -0.15) is 5.10 Å². The lowest BCUT2D eigenvalue weighted by Crippen LogP contribution is -1.97. The highest BCUT2D eigenvalue weighted by Gasteiger charge is 2.05. The Balaban J connectivity index is 2.53. The number of halogens is 1. The van der Waals surface area contributed by atoms with Gasteiger partial charge < -0.3 is 0 Å². The molecule has 0 fully saturated rings. The zero-order valence-corrected chi connectivity index (χ0v) is 8.90. The molecule has 1 aromatic carbocycles. The van der Waals surface area contributed by atoms with E-state index in [1.54, 1.807) is 10.9 Å². The summed E-state index contributed by atoms with van der Waals surface area (Å²) in [7, 11) is 0. The number of rotatable bonds is 2. The lowest BCUT2D eigenvalue weighted by atomic mass is 10.2. The number of carbonyl (C=O) groups excluding carboxylic acids is 1. The summed E-state index contributed by atoms with van der Waals surface area (Å²) in [6.07, 6.45) is 3.96. The van der Waals surface area contributed by atoms with Crippen LogP contribution >= 0.6 is 11.6 Å². The van der Waals surface area contributed by atoms with Crippen LogP contribution in [-0.4, -0.2) is 16.1 Å². The molecule has 4 heteroatoms. The molecule has 0 atom stereocenters. The summed E-state index contributed by atoms with van der Waals surface area (Å²) in [5.41, 5.74) is 2.38. The fourth-order valence-electron chi connectivity index (χ4n) is 1.37. The first-order valence-electron chi connectivity index (χ1n) is 4.47. The zero-order valence-electron chi connectivity index (χ0n) is 8.14. The van der Waals surface area contributed by atoms with Crippen molar-refractivity contribution in [3.05, 3.63) is 46.7 Å². The summed E-state index contributed by atoms with van der Waals surface area (Å²) >= 11 is 5.99. The van der Waals surface area contributed by atoms with Crippen LogP contribution in [0.25, 0.3) is 5.69 Å². The highest BCUT2D eigenvalue weighted by molar-refractivity contribution is 6.31. The van der Waals surface area contributed by atoms with Crippen LogP contribution < -0.4 is 0 Å². The monoisotopic (exact) mass is 220 g/mol. The van der Waals surface area contributed by atoms with Crippen molar-refractivity contribution < 1.29 is 4.79 Å². The van der Waals surface area contributed by atoms with Gasteiger partial charge in [-0.25, -0.2) is 4.68 Å². The van der Waals surface area contributed by atoms with Crippen LogP contribution in [0.5, 0.6) is 0 Å². The van der Waals surface area contributed by atoms with Gasteiger partial charge in [0.15, 0.2) is 6.29 Å². The van der Waals surface area contributed by atoms with E-state index in [0.29, 0.717) is 10.6 Å². The smallest absolute Gasteiger partial charge is 0.153 e. The summed E-state index contributed by atoms with van der Waals surface area (Å²) < 4.78 is 1.64. The molecule has 2 aromatic rings. The Morgan fingerprint density at radius 3 is 2.93 bits per heavy atom. The van der Waals surface area contributed by atoms with Crippen molar-refractivity contribution >= 4 is 17.9 Å². The molecular formula is C11H9ClN2O. The molecule has 0 N–H and O–H groups in total. The summed E-state index contributed by atoms with van der Waals surface area (Å²) in [4.78, 5) is 10.5. The quantitative estimate of drug-likeness (QED) is 0.730. The van der Waals surface area contributed by atoms with Gasteiger partial charge in [-0.1, -0.05) is 17.7 Å². The highest BCUT2D eigenvalue weighted by atomic mass is 35.5. The average Bonchev–Trinajstić information content (AvgIpc) is 2.70. The Morgan fingerprint density at radius 1 is 1.47 bits per heavy atom. The minimum Gasteiger partial charge on any atom is -0.298 e. The number of nitrogens with zero attached hydrogens (tertiary/aromatic N) is 2. The molecule has 0 radical (unpaired) electrons. The predicted molar refractivity (Wildman–Crippen MR) is 58.7 cm³/mol. The van der Waals surface area contributed by atoms with Crippen LogP contribution in [-0.2, 0) is 0 Å². The molecule has 76 valence electrons. The minimum absolute atomic E-state index is 0.550. The van der Waals surface area contributed by atoms with Crippen LogP contribution in [0.2, 0.25) is 5.02 Å². The van der Waals surface area contributed by atoms with Crippen LogP contribution in [0.3, 0.4) is 0 Å². The summed E-state index contributed by atoms with van der Waals surface area (Å²) in [6, 6.07) is 5.58. The van der Waals surface area contributed by atoms with E-state index in [9.17, 15) is 4.79 Å². The summed E-state index contributed by atoms with van der Waals surface area (Å²) in [5.74, 6) is 0. The number of hydrogen-bond acceptors (Lipinski definition) is 2. The zero-order chi connectivity index (χ0) is 10.8. The third kappa shape index (κ3) is 1.78. The van der Waals surface area contributed by atoms with Gasteiger partial charge >= 0.3 is 0 Å². The molecule has 0 aliphatic carbocycles. The molecule has 0 aliphatic heterocycles. The molecule has 15 heavy (non-hydrogen) atoms. The molecule has 3 nitrogen and oxygen atoms in total. The third-order valence-corrected chi connectivity index (χ3v) is 2.63. The molecule has 0 saturated carbocycles. The van der Waals surface area contributed by atoms with Gasteiger partial charge in [0.2, 0.25) is 0 Å².